The van der Waals surface area contributed by atoms with Crippen molar-refractivity contribution < 1.29 is 23.0 Å². The van der Waals surface area contributed by atoms with Crippen LogP contribution in [0.4, 0.5) is 8.78 Å². The molecule has 126 valence electrons. The second-order valence-corrected chi connectivity index (χ2v) is 4.69. The molecule has 2 N–H and O–H groups in total. The predicted molar refractivity (Wildman–Crippen MR) is 81.6 cm³/mol. The highest BCUT2D eigenvalue weighted by atomic mass is 35.5. The van der Waals surface area contributed by atoms with E-state index in [4.69, 9.17) is 10.5 Å². The Morgan fingerprint density at radius 2 is 2.00 bits per heavy atom. The number of hydrogen-bond acceptors (Lipinski definition) is 4. The molecule has 0 aliphatic rings. The fourth-order valence-electron chi connectivity index (χ4n) is 1.84. The summed E-state index contributed by atoms with van der Waals surface area (Å²) in [6, 6.07) is 4.65. The lowest BCUT2D eigenvalue weighted by Gasteiger charge is -2.21. The highest BCUT2D eigenvalue weighted by molar-refractivity contribution is 5.85. The quantitative estimate of drug-likeness (QED) is 0.828. The molecular formula is C14H21ClF2N2O3. The van der Waals surface area contributed by atoms with Crippen molar-refractivity contribution in [3.63, 3.8) is 0 Å². The maximum absolute atomic E-state index is 12.4. The molecule has 1 rings (SSSR count). The van der Waals surface area contributed by atoms with Crippen LogP contribution in [0.1, 0.15) is 12.5 Å². The number of rotatable bonds is 7. The minimum Gasteiger partial charge on any atom is -0.493 e. The van der Waals surface area contributed by atoms with Gasteiger partial charge >= 0.3 is 6.61 Å². The van der Waals surface area contributed by atoms with Gasteiger partial charge in [-0.1, -0.05) is 13.0 Å². The number of amides is 1. The van der Waals surface area contributed by atoms with Crippen LogP contribution in [0.3, 0.4) is 0 Å². The van der Waals surface area contributed by atoms with Gasteiger partial charge < -0.3 is 20.1 Å². The summed E-state index contributed by atoms with van der Waals surface area (Å²) in [7, 11) is 3.00. The van der Waals surface area contributed by atoms with Gasteiger partial charge in [-0.15, -0.1) is 12.4 Å². The normalized spacial score (nSPS) is 11.6. The van der Waals surface area contributed by atoms with Crippen molar-refractivity contribution >= 4 is 18.3 Å². The van der Waals surface area contributed by atoms with Gasteiger partial charge in [-0.05, 0) is 17.7 Å². The Hall–Kier alpha value is -1.60. The Morgan fingerprint density at radius 3 is 2.50 bits per heavy atom. The highest BCUT2D eigenvalue weighted by Crippen LogP contribution is 2.29. The summed E-state index contributed by atoms with van der Waals surface area (Å²) >= 11 is 0. The van der Waals surface area contributed by atoms with Gasteiger partial charge in [0.1, 0.15) is 0 Å². The van der Waals surface area contributed by atoms with E-state index < -0.39 is 6.61 Å². The van der Waals surface area contributed by atoms with Gasteiger partial charge in [0.25, 0.3) is 0 Å². The third-order valence-corrected chi connectivity index (χ3v) is 3.02. The summed E-state index contributed by atoms with van der Waals surface area (Å²) in [5, 5.41) is 0. The van der Waals surface area contributed by atoms with Gasteiger partial charge in [-0.25, -0.2) is 0 Å². The number of nitrogens with zero attached hydrogens (tertiary/aromatic N) is 1. The van der Waals surface area contributed by atoms with E-state index in [1.165, 1.54) is 24.1 Å². The third-order valence-electron chi connectivity index (χ3n) is 3.02. The molecule has 1 atom stereocenters. The van der Waals surface area contributed by atoms with E-state index in [2.05, 4.69) is 4.74 Å². The summed E-state index contributed by atoms with van der Waals surface area (Å²) < 4.78 is 34.1. The van der Waals surface area contributed by atoms with Crippen molar-refractivity contribution in [3.05, 3.63) is 23.8 Å². The molecule has 1 aromatic carbocycles. The summed E-state index contributed by atoms with van der Waals surface area (Å²) in [5.41, 5.74) is 6.11. The summed E-state index contributed by atoms with van der Waals surface area (Å²) in [6.07, 6.45) is 0. The zero-order valence-corrected chi connectivity index (χ0v) is 13.5. The Morgan fingerprint density at radius 1 is 1.36 bits per heavy atom. The van der Waals surface area contributed by atoms with Crippen molar-refractivity contribution in [3.8, 4) is 11.5 Å². The molecule has 8 heteroatoms. The molecule has 0 radical (unpaired) electrons. The maximum atomic E-state index is 12.4. The van der Waals surface area contributed by atoms with E-state index in [0.29, 0.717) is 5.56 Å². The fraction of sp³-hybridized carbons (Fsp3) is 0.500. The van der Waals surface area contributed by atoms with Crippen LogP contribution in [0.25, 0.3) is 0 Å². The van der Waals surface area contributed by atoms with Gasteiger partial charge in [0.2, 0.25) is 5.91 Å². The van der Waals surface area contributed by atoms with E-state index in [1.807, 2.05) is 0 Å². The average Bonchev–Trinajstić information content (AvgIpc) is 2.45. The lowest BCUT2D eigenvalue weighted by Crippen LogP contribution is -2.34. The van der Waals surface area contributed by atoms with E-state index in [1.54, 1.807) is 20.0 Å². The molecule has 0 spiro atoms. The van der Waals surface area contributed by atoms with Crippen LogP contribution in [-0.2, 0) is 11.3 Å². The number of halogens is 3. The zero-order chi connectivity index (χ0) is 16.0. The monoisotopic (exact) mass is 338 g/mol. The van der Waals surface area contributed by atoms with Crippen LogP contribution in [0.2, 0.25) is 0 Å². The standard InChI is InChI=1S/C14H20F2N2O3.ClH/c1-9(7-17)13(19)18(2)8-10-4-5-11(20-3)12(6-10)21-14(15)16;/h4-6,9,14H,7-8,17H2,1-3H3;1H. The summed E-state index contributed by atoms with van der Waals surface area (Å²) in [4.78, 5) is 13.4. The topological polar surface area (TPSA) is 64.8 Å². The highest BCUT2D eigenvalue weighted by Gasteiger charge is 2.17. The molecule has 0 aliphatic carbocycles. The molecule has 0 heterocycles. The van der Waals surface area contributed by atoms with Crippen molar-refractivity contribution in [2.45, 2.75) is 20.1 Å². The molecule has 0 saturated heterocycles. The van der Waals surface area contributed by atoms with Crippen LogP contribution in [0.5, 0.6) is 11.5 Å². The van der Waals surface area contributed by atoms with Gasteiger partial charge in [-0.2, -0.15) is 8.78 Å². The first kappa shape index (κ1) is 20.4. The smallest absolute Gasteiger partial charge is 0.387 e. The first-order valence-corrected chi connectivity index (χ1v) is 6.45. The Balaban J connectivity index is 0.00000441. The largest absolute Gasteiger partial charge is 0.493 e. The number of methoxy groups -OCH3 is 1. The number of carbonyl (C=O) groups excluding carboxylic acids is 1. The molecule has 0 bridgehead atoms. The maximum Gasteiger partial charge on any atom is 0.387 e. The molecule has 1 unspecified atom stereocenters. The zero-order valence-electron chi connectivity index (χ0n) is 12.7. The number of nitrogens with two attached hydrogens (primary N) is 1. The number of alkyl halides is 2. The first-order valence-electron chi connectivity index (χ1n) is 6.45. The molecule has 0 aromatic heterocycles. The van der Waals surface area contributed by atoms with Gasteiger partial charge in [0.15, 0.2) is 11.5 Å². The number of ether oxygens (including phenoxy) is 2. The predicted octanol–water partition coefficient (Wildman–Crippen LogP) is 2.27. The Kier molecular flexibility index (Phi) is 8.74. The second-order valence-electron chi connectivity index (χ2n) is 4.69. The van der Waals surface area contributed by atoms with Crippen LogP contribution in [-0.4, -0.2) is 38.1 Å². The fourth-order valence-corrected chi connectivity index (χ4v) is 1.84. The van der Waals surface area contributed by atoms with Gasteiger partial charge in [0, 0.05) is 26.1 Å². The van der Waals surface area contributed by atoms with Crippen molar-refractivity contribution in [2.75, 3.05) is 20.7 Å². The van der Waals surface area contributed by atoms with E-state index in [-0.39, 0.29) is 48.8 Å². The average molecular weight is 339 g/mol. The van der Waals surface area contributed by atoms with Crippen LogP contribution in [0, 0.1) is 5.92 Å². The van der Waals surface area contributed by atoms with Gasteiger partial charge in [0.05, 0.1) is 7.11 Å². The Labute approximate surface area is 134 Å². The molecule has 0 fully saturated rings. The van der Waals surface area contributed by atoms with E-state index in [9.17, 15) is 13.6 Å². The molecule has 5 nitrogen and oxygen atoms in total. The first-order chi connectivity index (χ1) is 9.88. The SMILES string of the molecule is COc1ccc(CN(C)C(=O)C(C)CN)cc1OC(F)F.Cl. The Bertz CT molecular complexity index is 489. The molecular weight excluding hydrogens is 318 g/mol. The lowest BCUT2D eigenvalue weighted by molar-refractivity contribution is -0.133. The molecule has 1 aromatic rings. The minimum absolute atomic E-state index is 0. The van der Waals surface area contributed by atoms with Gasteiger partial charge in [-0.3, -0.25) is 4.79 Å². The molecule has 22 heavy (non-hydrogen) atoms. The van der Waals surface area contributed by atoms with Crippen molar-refractivity contribution in [2.24, 2.45) is 11.7 Å². The van der Waals surface area contributed by atoms with Crippen LogP contribution >= 0.6 is 12.4 Å². The van der Waals surface area contributed by atoms with Crippen molar-refractivity contribution in [1.29, 1.82) is 0 Å². The number of carbonyl (C=O) groups is 1. The summed E-state index contributed by atoms with van der Waals surface area (Å²) in [6.45, 7) is -0.679. The molecule has 0 aliphatic heterocycles. The molecule has 0 saturated carbocycles. The third kappa shape index (κ3) is 5.65. The van der Waals surface area contributed by atoms with Crippen LogP contribution in [0.15, 0.2) is 18.2 Å². The second kappa shape index (κ2) is 9.42. The van der Waals surface area contributed by atoms with E-state index >= 15 is 0 Å². The lowest BCUT2D eigenvalue weighted by atomic mass is 10.1. The minimum atomic E-state index is -2.94. The number of hydrogen-bond donors (Lipinski definition) is 1. The van der Waals surface area contributed by atoms with E-state index in [0.717, 1.165) is 0 Å². The summed E-state index contributed by atoms with van der Waals surface area (Å²) in [5.74, 6) is -0.240. The molecule has 1 amide bonds. The number of benzene rings is 1. The van der Waals surface area contributed by atoms with Crippen LogP contribution < -0.4 is 15.2 Å². The van der Waals surface area contributed by atoms with Crippen molar-refractivity contribution in [1.82, 2.24) is 4.90 Å².